The topological polar surface area (TPSA) is 49.3 Å². The SMILES string of the molecule is CCCCN/C(C)=C(/CC)C(=O)O. The molecule has 0 aliphatic carbocycles. The molecule has 0 saturated carbocycles. The molecule has 0 aromatic rings. The van der Waals surface area contributed by atoms with Crippen molar-refractivity contribution in [1.29, 1.82) is 0 Å². The fourth-order valence-corrected chi connectivity index (χ4v) is 1.14. The largest absolute Gasteiger partial charge is 0.478 e. The third-order valence-electron chi connectivity index (χ3n) is 1.98. The van der Waals surface area contributed by atoms with Crippen LogP contribution >= 0.6 is 0 Å². The zero-order valence-corrected chi connectivity index (χ0v) is 8.68. The van der Waals surface area contributed by atoms with E-state index in [9.17, 15) is 4.79 Å². The number of nitrogens with one attached hydrogen (secondary N) is 1. The Morgan fingerprint density at radius 2 is 2.00 bits per heavy atom. The molecule has 0 aliphatic heterocycles. The van der Waals surface area contributed by atoms with Crippen LogP contribution < -0.4 is 5.32 Å². The second-order valence-corrected chi connectivity index (χ2v) is 3.04. The molecule has 0 saturated heterocycles. The lowest BCUT2D eigenvalue weighted by molar-refractivity contribution is -0.132. The number of hydrogen-bond acceptors (Lipinski definition) is 2. The molecular formula is C10H19NO2. The summed E-state index contributed by atoms with van der Waals surface area (Å²) < 4.78 is 0. The summed E-state index contributed by atoms with van der Waals surface area (Å²) in [6.45, 7) is 6.65. The lowest BCUT2D eigenvalue weighted by Gasteiger charge is -2.08. The first kappa shape index (κ1) is 12.0. The van der Waals surface area contributed by atoms with Crippen molar-refractivity contribution in [3.05, 3.63) is 11.3 Å². The third kappa shape index (κ3) is 4.55. The predicted molar refractivity (Wildman–Crippen MR) is 53.5 cm³/mol. The molecule has 0 rings (SSSR count). The van der Waals surface area contributed by atoms with Crippen molar-refractivity contribution in [2.75, 3.05) is 6.54 Å². The highest BCUT2D eigenvalue weighted by atomic mass is 16.4. The van der Waals surface area contributed by atoms with Crippen LogP contribution in [0.1, 0.15) is 40.0 Å². The van der Waals surface area contributed by atoms with E-state index in [1.54, 1.807) is 0 Å². The van der Waals surface area contributed by atoms with E-state index in [2.05, 4.69) is 12.2 Å². The van der Waals surface area contributed by atoms with Crippen LogP contribution in [-0.4, -0.2) is 17.6 Å². The lowest BCUT2D eigenvalue weighted by atomic mass is 10.1. The molecule has 0 radical (unpaired) electrons. The average Bonchev–Trinajstić information content (AvgIpc) is 2.05. The van der Waals surface area contributed by atoms with E-state index >= 15 is 0 Å². The first-order chi connectivity index (χ1) is 6.13. The lowest BCUT2D eigenvalue weighted by Crippen LogP contribution is -2.17. The highest BCUT2D eigenvalue weighted by Gasteiger charge is 2.07. The van der Waals surface area contributed by atoms with Gasteiger partial charge in [-0.2, -0.15) is 0 Å². The summed E-state index contributed by atoms with van der Waals surface area (Å²) in [5, 5.41) is 11.9. The Morgan fingerprint density at radius 3 is 2.38 bits per heavy atom. The van der Waals surface area contributed by atoms with Gasteiger partial charge in [0.25, 0.3) is 0 Å². The third-order valence-corrected chi connectivity index (χ3v) is 1.98. The van der Waals surface area contributed by atoms with Crippen molar-refractivity contribution in [3.63, 3.8) is 0 Å². The first-order valence-electron chi connectivity index (χ1n) is 4.80. The summed E-state index contributed by atoms with van der Waals surface area (Å²) in [6, 6.07) is 0. The predicted octanol–water partition coefficient (Wildman–Crippen LogP) is 2.14. The van der Waals surface area contributed by atoms with Crippen molar-refractivity contribution in [2.45, 2.75) is 40.0 Å². The van der Waals surface area contributed by atoms with Crippen LogP contribution in [-0.2, 0) is 4.79 Å². The molecule has 2 N–H and O–H groups in total. The molecule has 0 fully saturated rings. The molecule has 0 aliphatic rings. The van der Waals surface area contributed by atoms with Gasteiger partial charge < -0.3 is 10.4 Å². The number of carbonyl (C=O) groups is 1. The highest BCUT2D eigenvalue weighted by molar-refractivity contribution is 5.87. The number of carboxylic acids is 1. The highest BCUT2D eigenvalue weighted by Crippen LogP contribution is 2.05. The molecule has 0 atom stereocenters. The fourth-order valence-electron chi connectivity index (χ4n) is 1.14. The Hall–Kier alpha value is -0.990. The maximum absolute atomic E-state index is 10.7. The minimum Gasteiger partial charge on any atom is -0.478 e. The second kappa shape index (κ2) is 6.52. The van der Waals surface area contributed by atoms with Crippen molar-refractivity contribution >= 4 is 5.97 Å². The van der Waals surface area contributed by atoms with Crippen molar-refractivity contribution in [1.82, 2.24) is 5.32 Å². The minimum absolute atomic E-state index is 0.483. The molecule has 3 nitrogen and oxygen atoms in total. The molecular weight excluding hydrogens is 166 g/mol. The van der Waals surface area contributed by atoms with E-state index in [1.807, 2.05) is 13.8 Å². The molecule has 13 heavy (non-hydrogen) atoms. The maximum atomic E-state index is 10.7. The van der Waals surface area contributed by atoms with Gasteiger partial charge in [0.1, 0.15) is 0 Å². The van der Waals surface area contributed by atoms with Crippen LogP contribution in [0.5, 0.6) is 0 Å². The Balaban J connectivity index is 4.14. The smallest absolute Gasteiger partial charge is 0.333 e. The van der Waals surface area contributed by atoms with Crippen LogP contribution in [0.3, 0.4) is 0 Å². The number of aliphatic carboxylic acids is 1. The van der Waals surface area contributed by atoms with Gasteiger partial charge >= 0.3 is 5.97 Å². The van der Waals surface area contributed by atoms with Gasteiger partial charge in [-0.05, 0) is 19.8 Å². The second-order valence-electron chi connectivity index (χ2n) is 3.04. The van der Waals surface area contributed by atoms with Crippen LogP contribution in [0.25, 0.3) is 0 Å². The van der Waals surface area contributed by atoms with Crippen molar-refractivity contribution in [3.8, 4) is 0 Å². The number of rotatable bonds is 6. The van der Waals surface area contributed by atoms with E-state index in [1.165, 1.54) is 0 Å². The number of allylic oxidation sites excluding steroid dienone is 1. The molecule has 0 amide bonds. The van der Waals surface area contributed by atoms with Gasteiger partial charge in [-0.25, -0.2) is 4.79 Å². The normalized spacial score (nSPS) is 12.2. The molecule has 0 aromatic carbocycles. The summed E-state index contributed by atoms with van der Waals surface area (Å²) in [7, 11) is 0. The van der Waals surface area contributed by atoms with E-state index < -0.39 is 5.97 Å². The summed E-state index contributed by atoms with van der Waals surface area (Å²) in [4.78, 5) is 10.7. The Bertz CT molecular complexity index is 197. The van der Waals surface area contributed by atoms with E-state index in [-0.39, 0.29) is 0 Å². The van der Waals surface area contributed by atoms with Crippen molar-refractivity contribution < 1.29 is 9.90 Å². The van der Waals surface area contributed by atoms with Crippen LogP contribution in [0.4, 0.5) is 0 Å². The molecule has 3 heteroatoms. The van der Waals surface area contributed by atoms with Crippen LogP contribution in [0.15, 0.2) is 11.3 Å². The van der Waals surface area contributed by atoms with Crippen LogP contribution in [0, 0.1) is 0 Å². The number of unbranched alkanes of at least 4 members (excludes halogenated alkanes) is 1. The molecule has 0 aromatic heterocycles. The van der Waals surface area contributed by atoms with Gasteiger partial charge in [0.2, 0.25) is 0 Å². The van der Waals surface area contributed by atoms with Gasteiger partial charge in [-0.15, -0.1) is 0 Å². The van der Waals surface area contributed by atoms with Gasteiger partial charge in [0.15, 0.2) is 0 Å². The Kier molecular flexibility index (Phi) is 6.02. The van der Waals surface area contributed by atoms with Gasteiger partial charge in [0.05, 0.1) is 5.57 Å². The van der Waals surface area contributed by atoms with Crippen molar-refractivity contribution in [2.24, 2.45) is 0 Å². The zero-order chi connectivity index (χ0) is 10.3. The summed E-state index contributed by atoms with van der Waals surface area (Å²) >= 11 is 0. The standard InChI is InChI=1S/C10H19NO2/c1-4-6-7-11-8(3)9(5-2)10(12)13/h11H,4-7H2,1-3H3,(H,12,13)/b9-8-. The Morgan fingerprint density at radius 1 is 1.38 bits per heavy atom. The van der Waals surface area contributed by atoms with E-state index in [0.29, 0.717) is 12.0 Å². The average molecular weight is 185 g/mol. The molecule has 0 spiro atoms. The minimum atomic E-state index is -0.816. The molecule has 76 valence electrons. The maximum Gasteiger partial charge on any atom is 0.333 e. The molecule has 0 heterocycles. The fraction of sp³-hybridized carbons (Fsp3) is 0.700. The van der Waals surface area contributed by atoms with E-state index in [0.717, 1.165) is 25.1 Å². The number of hydrogen-bond donors (Lipinski definition) is 2. The zero-order valence-electron chi connectivity index (χ0n) is 8.68. The summed E-state index contributed by atoms with van der Waals surface area (Å²) in [6.07, 6.45) is 2.77. The quantitative estimate of drug-likeness (QED) is 0.492. The molecule has 0 unspecified atom stereocenters. The summed E-state index contributed by atoms with van der Waals surface area (Å²) in [5.41, 5.74) is 1.28. The van der Waals surface area contributed by atoms with Gasteiger partial charge in [0, 0.05) is 12.2 Å². The Labute approximate surface area is 79.8 Å². The van der Waals surface area contributed by atoms with E-state index in [4.69, 9.17) is 5.11 Å². The first-order valence-corrected chi connectivity index (χ1v) is 4.80. The van der Waals surface area contributed by atoms with Gasteiger partial charge in [-0.1, -0.05) is 20.3 Å². The summed E-state index contributed by atoms with van der Waals surface area (Å²) in [5.74, 6) is -0.816. The molecule has 0 bridgehead atoms. The number of carboxylic acid groups (broad SMARTS) is 1. The van der Waals surface area contributed by atoms with Crippen LogP contribution in [0.2, 0.25) is 0 Å². The van der Waals surface area contributed by atoms with Gasteiger partial charge in [-0.3, -0.25) is 0 Å². The monoisotopic (exact) mass is 185 g/mol.